The molecule has 6 aromatic rings. The van der Waals surface area contributed by atoms with Gasteiger partial charge in [0.15, 0.2) is 0 Å². The van der Waals surface area contributed by atoms with Gasteiger partial charge in [-0.25, -0.2) is 9.36 Å². The summed E-state index contributed by atoms with van der Waals surface area (Å²) in [6.07, 6.45) is 4.22. The molecule has 0 saturated carbocycles. The third kappa shape index (κ3) is 6.40. The van der Waals surface area contributed by atoms with E-state index in [2.05, 4.69) is 27.6 Å². The molecule has 2 aromatic heterocycles. The number of nitrogens with zero attached hydrogens (tertiary/aromatic N) is 2. The molecule has 0 atom stereocenters. The summed E-state index contributed by atoms with van der Waals surface area (Å²) < 4.78 is 3.10. The Morgan fingerprint density at radius 2 is 0.956 bits per heavy atom. The maximum atomic E-state index is 14.0. The second kappa shape index (κ2) is 13.7. The van der Waals surface area contributed by atoms with Crippen molar-refractivity contribution in [1.82, 2.24) is 24.9 Å². The van der Waals surface area contributed by atoms with Gasteiger partial charge < -0.3 is 5.32 Å². The predicted octanol–water partition coefficient (Wildman–Crippen LogP) is 6.87. The first kappa shape index (κ1) is 29.9. The fourth-order valence-electron chi connectivity index (χ4n) is 6.09. The molecule has 228 valence electrons. The van der Waals surface area contributed by atoms with Gasteiger partial charge in [-0.1, -0.05) is 97.4 Å². The number of piperidine rings is 1. The molecule has 3 heterocycles. The van der Waals surface area contributed by atoms with E-state index in [4.69, 9.17) is 0 Å². The van der Waals surface area contributed by atoms with E-state index < -0.39 is 5.92 Å². The lowest BCUT2D eigenvalue weighted by Gasteiger charge is -2.16. The molecular formula is C38H39N5O2. The fraction of sp³-hybridized carbons (Fsp3) is 0.211. The highest BCUT2D eigenvalue weighted by Gasteiger charge is 2.30. The minimum atomic E-state index is -0.572. The van der Waals surface area contributed by atoms with Crippen molar-refractivity contribution in [3.63, 3.8) is 0 Å². The second-order valence-corrected chi connectivity index (χ2v) is 11.5. The maximum Gasteiger partial charge on any atom is 0.275 e. The normalized spacial score (nSPS) is 13.0. The van der Waals surface area contributed by atoms with Crippen LogP contribution in [-0.2, 0) is 0 Å². The van der Waals surface area contributed by atoms with Crippen LogP contribution in [0.5, 0.6) is 0 Å². The van der Waals surface area contributed by atoms with Gasteiger partial charge >= 0.3 is 0 Å². The van der Waals surface area contributed by atoms with Crippen LogP contribution in [0.3, 0.4) is 0 Å². The zero-order valence-corrected chi connectivity index (χ0v) is 25.8. The molecule has 1 saturated heterocycles. The quantitative estimate of drug-likeness (QED) is 0.196. The molecular weight excluding hydrogens is 558 g/mol. The number of aromatic amines is 2. The van der Waals surface area contributed by atoms with Gasteiger partial charge in [-0.15, -0.1) is 0 Å². The molecule has 1 aliphatic heterocycles. The van der Waals surface area contributed by atoms with E-state index in [1.54, 1.807) is 9.36 Å². The highest BCUT2D eigenvalue weighted by molar-refractivity contribution is 5.64. The van der Waals surface area contributed by atoms with Crippen molar-refractivity contribution in [1.29, 1.82) is 0 Å². The summed E-state index contributed by atoms with van der Waals surface area (Å²) in [5.41, 5.74) is 6.69. The smallest absolute Gasteiger partial charge is 0.275 e. The van der Waals surface area contributed by atoms with Gasteiger partial charge in [0.05, 0.1) is 22.5 Å². The van der Waals surface area contributed by atoms with Crippen molar-refractivity contribution >= 4 is 0 Å². The van der Waals surface area contributed by atoms with E-state index >= 15 is 0 Å². The lowest BCUT2D eigenvalue weighted by atomic mass is 9.84. The van der Waals surface area contributed by atoms with Crippen molar-refractivity contribution in [2.75, 3.05) is 13.1 Å². The Balaban J connectivity index is 0.000000535. The predicted molar refractivity (Wildman–Crippen MR) is 182 cm³/mol. The van der Waals surface area contributed by atoms with Crippen LogP contribution in [-0.4, -0.2) is 32.7 Å². The van der Waals surface area contributed by atoms with Crippen molar-refractivity contribution < 1.29 is 0 Å². The molecule has 4 aromatic carbocycles. The number of aryl methyl sites for hydroxylation is 2. The number of H-pyrrole nitrogens is 2. The SMILES string of the molecule is C1CCNCC1.Cc1[nH]n(-c2ccccc2)c(=O)c1C(c1ccc(-c2ccccc2)cc1)c1c(C)[nH]n(-c2ccccc2)c1=O. The number of rotatable bonds is 6. The number of para-hydroxylation sites is 2. The molecule has 7 nitrogen and oxygen atoms in total. The standard InChI is InChI=1S/C33H28N4O2.C5H11N/c1-22-29(32(38)36(34-22)27-14-8-4-9-15-27)31(26-20-18-25(19-21-26)24-12-6-3-7-13-24)30-23(2)35-37(33(30)39)28-16-10-5-11-17-28;1-2-4-6-5-3-1/h3-21,31,34-35H,1-2H3;6H,1-5H2. The molecule has 0 aliphatic carbocycles. The van der Waals surface area contributed by atoms with Crippen LogP contribution in [0.2, 0.25) is 0 Å². The Hall–Kier alpha value is -5.14. The van der Waals surface area contributed by atoms with Gasteiger partial charge in [0.2, 0.25) is 0 Å². The summed E-state index contributed by atoms with van der Waals surface area (Å²) in [5, 5.41) is 9.78. The zero-order chi connectivity index (χ0) is 31.2. The van der Waals surface area contributed by atoms with Gasteiger partial charge in [-0.05, 0) is 80.7 Å². The second-order valence-electron chi connectivity index (χ2n) is 11.5. The first-order chi connectivity index (χ1) is 22.0. The minimum absolute atomic E-state index is 0.179. The van der Waals surface area contributed by atoms with Crippen LogP contribution < -0.4 is 16.4 Å². The van der Waals surface area contributed by atoms with E-state index in [0.29, 0.717) is 22.5 Å². The van der Waals surface area contributed by atoms with Crippen LogP contribution >= 0.6 is 0 Å². The molecule has 0 spiro atoms. The third-order valence-electron chi connectivity index (χ3n) is 8.40. The van der Waals surface area contributed by atoms with Crippen LogP contribution in [0.4, 0.5) is 0 Å². The van der Waals surface area contributed by atoms with Gasteiger partial charge in [0, 0.05) is 17.3 Å². The number of benzene rings is 4. The Kier molecular flexibility index (Phi) is 9.08. The molecule has 0 unspecified atom stereocenters. The van der Waals surface area contributed by atoms with E-state index in [1.807, 2.05) is 117 Å². The summed E-state index contributed by atoms with van der Waals surface area (Å²) in [4.78, 5) is 28.0. The van der Waals surface area contributed by atoms with Crippen LogP contribution in [0.25, 0.3) is 22.5 Å². The molecule has 45 heavy (non-hydrogen) atoms. The lowest BCUT2D eigenvalue weighted by Crippen LogP contribution is -2.25. The topological polar surface area (TPSA) is 87.6 Å². The Morgan fingerprint density at radius 1 is 0.533 bits per heavy atom. The van der Waals surface area contributed by atoms with Gasteiger partial charge in [-0.3, -0.25) is 19.8 Å². The van der Waals surface area contributed by atoms with Crippen molar-refractivity contribution in [2.24, 2.45) is 0 Å². The fourth-order valence-corrected chi connectivity index (χ4v) is 6.09. The van der Waals surface area contributed by atoms with E-state index in [-0.39, 0.29) is 11.1 Å². The van der Waals surface area contributed by atoms with Gasteiger partial charge in [-0.2, -0.15) is 0 Å². The molecule has 0 bridgehead atoms. The number of aromatic nitrogens is 4. The molecule has 7 heteroatoms. The summed E-state index contributed by atoms with van der Waals surface area (Å²) in [5.74, 6) is -0.572. The Morgan fingerprint density at radius 3 is 1.36 bits per heavy atom. The van der Waals surface area contributed by atoms with Crippen LogP contribution in [0, 0.1) is 13.8 Å². The van der Waals surface area contributed by atoms with Crippen molar-refractivity contribution in [3.05, 3.63) is 164 Å². The number of hydrogen-bond donors (Lipinski definition) is 3. The molecule has 1 fully saturated rings. The largest absolute Gasteiger partial charge is 0.317 e. The first-order valence-electron chi connectivity index (χ1n) is 15.6. The molecule has 7 rings (SSSR count). The number of hydrogen-bond acceptors (Lipinski definition) is 3. The van der Waals surface area contributed by atoms with E-state index in [0.717, 1.165) is 28.1 Å². The molecule has 3 N–H and O–H groups in total. The lowest BCUT2D eigenvalue weighted by molar-refractivity contribution is 0.520. The average molecular weight is 598 g/mol. The molecule has 0 amide bonds. The monoisotopic (exact) mass is 597 g/mol. The molecule has 1 aliphatic rings. The van der Waals surface area contributed by atoms with Crippen molar-refractivity contribution in [3.8, 4) is 22.5 Å². The van der Waals surface area contributed by atoms with Gasteiger partial charge in [0.1, 0.15) is 0 Å². The summed E-state index contributed by atoms with van der Waals surface area (Å²) in [6, 6.07) is 37.2. The van der Waals surface area contributed by atoms with Crippen LogP contribution in [0.1, 0.15) is 53.3 Å². The zero-order valence-electron chi connectivity index (χ0n) is 25.8. The maximum absolute atomic E-state index is 14.0. The van der Waals surface area contributed by atoms with E-state index in [9.17, 15) is 9.59 Å². The van der Waals surface area contributed by atoms with Crippen LogP contribution in [0.15, 0.2) is 125 Å². The highest BCUT2D eigenvalue weighted by Crippen LogP contribution is 2.33. The third-order valence-corrected chi connectivity index (χ3v) is 8.40. The summed E-state index contributed by atoms with van der Waals surface area (Å²) in [7, 11) is 0. The summed E-state index contributed by atoms with van der Waals surface area (Å²) >= 11 is 0. The average Bonchev–Trinajstić information content (AvgIpc) is 3.57. The van der Waals surface area contributed by atoms with E-state index in [1.165, 1.54) is 32.4 Å². The Bertz CT molecular complexity index is 1840. The number of nitrogens with one attached hydrogen (secondary N) is 3. The first-order valence-corrected chi connectivity index (χ1v) is 15.6. The summed E-state index contributed by atoms with van der Waals surface area (Å²) in [6.45, 7) is 6.28. The minimum Gasteiger partial charge on any atom is -0.317 e. The molecule has 0 radical (unpaired) electrons. The highest BCUT2D eigenvalue weighted by atomic mass is 16.1. The Labute approximate surface area is 263 Å². The van der Waals surface area contributed by atoms with Crippen molar-refractivity contribution in [2.45, 2.75) is 39.0 Å². The van der Waals surface area contributed by atoms with Gasteiger partial charge in [0.25, 0.3) is 11.1 Å².